The van der Waals surface area contributed by atoms with Crippen LogP contribution in [0.5, 0.6) is 0 Å². The Morgan fingerprint density at radius 3 is 0.857 bits per heavy atom. The van der Waals surface area contributed by atoms with E-state index >= 15 is 0 Å². The molecule has 255 valence electrons. The van der Waals surface area contributed by atoms with Crippen LogP contribution in [0.15, 0.2) is 36.5 Å². The van der Waals surface area contributed by atoms with E-state index in [1.807, 2.05) is 6.08 Å². The molecular formula is C29H74V13. The van der Waals surface area contributed by atoms with Crippen LogP contribution in [0.2, 0.25) is 0 Å². The Morgan fingerprint density at radius 2 is 0.833 bits per heavy atom. The summed E-state index contributed by atoms with van der Waals surface area (Å²) in [6.45, 7) is 27.0. The molecule has 13 radical (unpaired) electrons. The third kappa shape index (κ3) is 173. The first-order chi connectivity index (χ1) is 9.61. The molecule has 0 nitrogen and oxygen atoms in total. The van der Waals surface area contributed by atoms with Gasteiger partial charge < -0.3 is 0 Å². The molecule has 0 aromatic rings. The molecule has 0 aliphatic heterocycles. The van der Waals surface area contributed by atoms with E-state index in [1.165, 1.54) is 36.8 Å². The molecule has 0 fully saturated rings. The molecule has 0 heterocycles. The summed E-state index contributed by atoms with van der Waals surface area (Å²) in [5, 5.41) is 0. The Balaban J connectivity index is -0.00000000421. The fourth-order valence-electron chi connectivity index (χ4n) is 0.986. The molecule has 42 heavy (non-hydrogen) atoms. The molecule has 0 spiro atoms. The minimum absolute atomic E-state index is 0. The second-order valence-corrected chi connectivity index (χ2v) is 6.51. The zero-order valence-corrected chi connectivity index (χ0v) is 40.4. The summed E-state index contributed by atoms with van der Waals surface area (Å²) in [6, 6.07) is 0. The van der Waals surface area contributed by atoms with Crippen molar-refractivity contribution in [1.82, 2.24) is 0 Å². The van der Waals surface area contributed by atoms with Crippen LogP contribution >= 0.6 is 0 Å². The average molecular weight is 1090 g/mol. The van der Waals surface area contributed by atoms with Crippen molar-refractivity contribution in [3.05, 3.63) is 36.5 Å². The Kier molecular flexibility index (Phi) is 584. The quantitative estimate of drug-likeness (QED) is 0.233. The molecule has 1 atom stereocenters. The predicted octanol–water partition coefficient (Wildman–Crippen LogP) is 13.0. The van der Waals surface area contributed by atoms with Crippen LogP contribution in [0.25, 0.3) is 0 Å². The van der Waals surface area contributed by atoms with Crippen LogP contribution in [0, 0.1) is 11.3 Å². The second kappa shape index (κ2) is 135. The average Bonchev–Trinajstić information content (AvgIpc) is 2.47. The number of hydrogen-bond donors (Lipinski definition) is 0. The van der Waals surface area contributed by atoms with Gasteiger partial charge >= 0.3 is 0 Å². The SMILES string of the molecule is C.C.C.C.C.C.C.C.C=C(C)C(C)CC.C=CC(C)(C)CC.CCC=C(C)CC.[V].[V].[V].[V].[V].[V].[V].[V].[V].[V].[V].[V].[V]. The van der Waals surface area contributed by atoms with Gasteiger partial charge in [-0.15, -0.1) is 6.58 Å². The van der Waals surface area contributed by atoms with Gasteiger partial charge in [0, 0.05) is 241 Å². The number of allylic oxidation sites excluding steroid dienone is 4. The van der Waals surface area contributed by atoms with Crippen LogP contribution < -0.4 is 0 Å². The first-order valence-corrected chi connectivity index (χ1v) is 8.56. The van der Waals surface area contributed by atoms with Gasteiger partial charge in [0.2, 0.25) is 0 Å². The second-order valence-electron chi connectivity index (χ2n) is 6.51. The van der Waals surface area contributed by atoms with E-state index in [-0.39, 0.29) is 301 Å². The topological polar surface area (TPSA) is 0 Å². The molecule has 1 unspecified atom stereocenters. The molecule has 13 heteroatoms. The smallest absolute Gasteiger partial charge is 0 e. The molecule has 0 N–H and O–H groups in total. The Morgan fingerprint density at radius 1 is 0.595 bits per heavy atom. The van der Waals surface area contributed by atoms with E-state index in [0.717, 1.165) is 0 Å². The normalized spacial score (nSPS) is 6.17. The van der Waals surface area contributed by atoms with Crippen molar-refractivity contribution in [2.75, 3.05) is 0 Å². The van der Waals surface area contributed by atoms with Gasteiger partial charge in [-0.1, -0.05) is 138 Å². The summed E-state index contributed by atoms with van der Waals surface area (Å²) in [7, 11) is 0. The van der Waals surface area contributed by atoms with Gasteiger partial charge in [0.15, 0.2) is 0 Å². The van der Waals surface area contributed by atoms with Crippen molar-refractivity contribution in [2.45, 2.75) is 147 Å². The van der Waals surface area contributed by atoms with Gasteiger partial charge in [0.25, 0.3) is 0 Å². The van der Waals surface area contributed by atoms with Gasteiger partial charge in [-0.25, -0.2) is 0 Å². The van der Waals surface area contributed by atoms with Crippen LogP contribution in [0.4, 0.5) is 0 Å². The number of rotatable bonds is 6. The minimum atomic E-state index is 0. The van der Waals surface area contributed by atoms with E-state index in [0.29, 0.717) is 11.3 Å². The first-order valence-electron chi connectivity index (χ1n) is 8.56. The van der Waals surface area contributed by atoms with Gasteiger partial charge in [-0.2, -0.15) is 0 Å². The van der Waals surface area contributed by atoms with Crippen molar-refractivity contribution >= 4 is 0 Å². The minimum Gasteiger partial charge on any atom is -0.103 e. The van der Waals surface area contributed by atoms with Gasteiger partial charge in [0.1, 0.15) is 0 Å². The van der Waals surface area contributed by atoms with E-state index in [1.54, 1.807) is 0 Å². The zero-order valence-electron chi connectivity index (χ0n) is 22.3. The van der Waals surface area contributed by atoms with Crippen LogP contribution in [-0.2, 0) is 241 Å². The molecule has 0 aromatic carbocycles. The molecule has 0 saturated heterocycles. The van der Waals surface area contributed by atoms with Crippen molar-refractivity contribution in [1.29, 1.82) is 0 Å². The zero-order chi connectivity index (χ0) is 17.5. The Hall–Kier alpha value is 6.82. The van der Waals surface area contributed by atoms with Crippen LogP contribution in [-0.4, -0.2) is 0 Å². The summed E-state index contributed by atoms with van der Waals surface area (Å²) in [5.41, 5.74) is 3.14. The van der Waals surface area contributed by atoms with Crippen LogP contribution in [0.3, 0.4) is 0 Å². The summed E-state index contributed by atoms with van der Waals surface area (Å²) in [5.74, 6) is 0.708. The van der Waals surface area contributed by atoms with E-state index in [4.69, 9.17) is 0 Å². The fraction of sp³-hybridized carbons (Fsp3) is 0.793. The van der Waals surface area contributed by atoms with Crippen molar-refractivity contribution in [3.8, 4) is 0 Å². The Labute approximate surface area is 429 Å². The Bertz CT molecular complexity index is 316. The summed E-state index contributed by atoms with van der Waals surface area (Å²) < 4.78 is 0. The molecule has 0 aliphatic rings. The van der Waals surface area contributed by atoms with E-state index in [9.17, 15) is 0 Å². The molecule has 0 amide bonds. The maximum absolute atomic E-state index is 3.83. The van der Waals surface area contributed by atoms with Crippen LogP contribution in [0.1, 0.15) is 147 Å². The third-order valence-electron chi connectivity index (χ3n) is 4.03. The summed E-state index contributed by atoms with van der Waals surface area (Å²) in [4.78, 5) is 0. The molecule has 0 aromatic heterocycles. The standard InChI is InChI=1S/3C7H14.8CH4.13V/c1-5-7(3,4)6-2;1-5-7(4)6(2)3;1-4-6-7(3)5-2;;;;;;;;;;;;;;;;;;;;;/h5H,1,6H2,2-4H3;7H,2,5H2,1,3-4H3;6H,4-5H2,1-3H3;8*1H4;;;;;;;;;;;;;. The first kappa shape index (κ1) is 181. The molecule has 0 bridgehead atoms. The molecular weight excluding hydrogens is 1010 g/mol. The molecule has 0 rings (SSSR count). The molecule has 0 saturated carbocycles. The number of hydrogen-bond acceptors (Lipinski definition) is 0. The predicted molar refractivity (Wildman–Crippen MR) is 157 cm³/mol. The summed E-state index contributed by atoms with van der Waals surface area (Å²) >= 11 is 0. The third-order valence-corrected chi connectivity index (χ3v) is 4.03. The van der Waals surface area contributed by atoms with Gasteiger partial charge in [-0.05, 0) is 50.9 Å². The maximum Gasteiger partial charge on any atom is 0 e. The molecule has 0 aliphatic carbocycles. The van der Waals surface area contributed by atoms with Gasteiger partial charge in [0.05, 0.1) is 0 Å². The van der Waals surface area contributed by atoms with E-state index < -0.39 is 0 Å². The van der Waals surface area contributed by atoms with E-state index in [2.05, 4.69) is 81.5 Å². The fourth-order valence-corrected chi connectivity index (χ4v) is 0.986. The van der Waals surface area contributed by atoms with Gasteiger partial charge in [-0.3, -0.25) is 0 Å². The maximum atomic E-state index is 3.83. The van der Waals surface area contributed by atoms with Crippen molar-refractivity contribution in [2.24, 2.45) is 11.3 Å². The monoisotopic (exact) mass is 1080 g/mol. The van der Waals surface area contributed by atoms with Crippen molar-refractivity contribution in [3.63, 3.8) is 0 Å². The van der Waals surface area contributed by atoms with Crippen molar-refractivity contribution < 1.29 is 241 Å². The summed E-state index contributed by atoms with van der Waals surface area (Å²) in [6.07, 6.45) is 9.03. The largest absolute Gasteiger partial charge is 0.103 e.